The van der Waals surface area contributed by atoms with Gasteiger partial charge >= 0.3 is 12.0 Å². The monoisotopic (exact) mass is 304 g/mol. The summed E-state index contributed by atoms with van der Waals surface area (Å²) in [4.78, 5) is 22.1. The van der Waals surface area contributed by atoms with E-state index in [0.717, 1.165) is 0 Å². The molecule has 0 saturated carbocycles. The maximum atomic E-state index is 11.7. The van der Waals surface area contributed by atoms with E-state index in [4.69, 9.17) is 28.3 Å². The van der Waals surface area contributed by atoms with E-state index in [1.165, 1.54) is 0 Å². The number of carbonyl (C=O) groups is 2. The third-order valence-electron chi connectivity index (χ3n) is 2.37. The second kappa shape index (κ2) is 7.21. The molecule has 0 heterocycles. The van der Waals surface area contributed by atoms with E-state index in [-0.39, 0.29) is 17.5 Å². The van der Waals surface area contributed by atoms with Crippen LogP contribution in [0, 0.1) is 0 Å². The van der Waals surface area contributed by atoms with Crippen molar-refractivity contribution < 1.29 is 14.7 Å². The third-order valence-corrected chi connectivity index (χ3v) is 3.19. The molecule has 104 valence electrons. The van der Waals surface area contributed by atoms with Crippen LogP contribution in [0.15, 0.2) is 18.2 Å². The van der Waals surface area contributed by atoms with Crippen molar-refractivity contribution in [2.75, 3.05) is 5.32 Å². The average Bonchev–Trinajstić information content (AvgIpc) is 2.32. The van der Waals surface area contributed by atoms with E-state index in [0.29, 0.717) is 17.1 Å². The van der Waals surface area contributed by atoms with E-state index < -0.39 is 12.0 Å². The molecule has 0 radical (unpaired) electrons. The number of amides is 2. The summed E-state index contributed by atoms with van der Waals surface area (Å²) in [7, 11) is 0. The number of aliphatic carboxylic acids is 1. The summed E-state index contributed by atoms with van der Waals surface area (Å²) in [6.45, 7) is 1.72. The minimum atomic E-state index is -0.896. The molecular weight excluding hydrogens is 291 g/mol. The molecule has 19 heavy (non-hydrogen) atoms. The lowest BCUT2D eigenvalue weighted by atomic mass is 10.2. The molecule has 1 rings (SSSR count). The Morgan fingerprint density at radius 3 is 2.68 bits per heavy atom. The van der Waals surface area contributed by atoms with Gasteiger partial charge in [0.25, 0.3) is 0 Å². The minimum Gasteiger partial charge on any atom is -0.481 e. The Balaban J connectivity index is 2.51. The number of anilines is 1. The van der Waals surface area contributed by atoms with E-state index >= 15 is 0 Å². The fourth-order valence-electron chi connectivity index (χ4n) is 1.39. The molecule has 1 atom stereocenters. The number of halogens is 2. The number of rotatable bonds is 5. The molecular formula is C12H14Cl2N2O3. The normalized spacial score (nSPS) is 11.7. The fraction of sp³-hybridized carbons (Fsp3) is 0.333. The topological polar surface area (TPSA) is 78.4 Å². The van der Waals surface area contributed by atoms with Gasteiger partial charge in [-0.1, -0.05) is 29.3 Å². The molecule has 3 N–H and O–H groups in total. The summed E-state index contributed by atoms with van der Waals surface area (Å²) in [5.41, 5.74) is 0.400. The van der Waals surface area contributed by atoms with Gasteiger partial charge in [0.15, 0.2) is 0 Å². The molecule has 1 aromatic carbocycles. The second-order valence-electron chi connectivity index (χ2n) is 4.03. The molecule has 0 aliphatic carbocycles. The van der Waals surface area contributed by atoms with Crippen LogP contribution in [0.3, 0.4) is 0 Å². The first-order valence-electron chi connectivity index (χ1n) is 5.63. The van der Waals surface area contributed by atoms with Gasteiger partial charge in [0, 0.05) is 12.5 Å². The van der Waals surface area contributed by atoms with Crippen LogP contribution in [0.4, 0.5) is 10.5 Å². The average molecular weight is 305 g/mol. The second-order valence-corrected chi connectivity index (χ2v) is 4.82. The van der Waals surface area contributed by atoms with Crippen LogP contribution < -0.4 is 10.6 Å². The summed E-state index contributed by atoms with van der Waals surface area (Å²) in [6, 6.07) is 4.19. The minimum absolute atomic E-state index is 0.000627. The van der Waals surface area contributed by atoms with Crippen LogP contribution in [-0.2, 0) is 4.79 Å². The maximum Gasteiger partial charge on any atom is 0.319 e. The van der Waals surface area contributed by atoms with Crippen molar-refractivity contribution >= 4 is 40.9 Å². The molecule has 1 unspecified atom stereocenters. The predicted molar refractivity (Wildman–Crippen MR) is 74.9 cm³/mol. The predicted octanol–water partition coefficient (Wildman–Crippen LogP) is 3.37. The smallest absolute Gasteiger partial charge is 0.319 e. The Morgan fingerprint density at radius 2 is 2.05 bits per heavy atom. The summed E-state index contributed by atoms with van der Waals surface area (Å²) in [6.07, 6.45) is 0.353. The van der Waals surface area contributed by atoms with Gasteiger partial charge < -0.3 is 15.7 Å². The first-order chi connectivity index (χ1) is 8.90. The lowest BCUT2D eigenvalue weighted by molar-refractivity contribution is -0.137. The zero-order chi connectivity index (χ0) is 14.4. The highest BCUT2D eigenvalue weighted by Gasteiger charge is 2.11. The van der Waals surface area contributed by atoms with Crippen LogP contribution >= 0.6 is 23.2 Å². The molecule has 0 spiro atoms. The molecule has 5 nitrogen and oxygen atoms in total. The Morgan fingerprint density at radius 1 is 1.37 bits per heavy atom. The van der Waals surface area contributed by atoms with Crippen LogP contribution in [0.1, 0.15) is 19.8 Å². The van der Waals surface area contributed by atoms with Gasteiger partial charge in [-0.05, 0) is 25.5 Å². The van der Waals surface area contributed by atoms with Crippen molar-refractivity contribution in [1.82, 2.24) is 5.32 Å². The molecule has 1 aromatic rings. The van der Waals surface area contributed by atoms with Gasteiger partial charge in [0.05, 0.1) is 15.7 Å². The highest BCUT2D eigenvalue weighted by molar-refractivity contribution is 6.43. The molecule has 0 bridgehead atoms. The van der Waals surface area contributed by atoms with Crippen LogP contribution in [-0.4, -0.2) is 23.1 Å². The Bertz CT molecular complexity index is 480. The molecule has 0 fully saturated rings. The highest BCUT2D eigenvalue weighted by Crippen LogP contribution is 2.29. The summed E-state index contributed by atoms with van der Waals surface area (Å²) < 4.78 is 0. The Hall–Kier alpha value is -1.46. The molecule has 0 aliphatic heterocycles. The van der Waals surface area contributed by atoms with Gasteiger partial charge in [0.1, 0.15) is 0 Å². The Labute approximate surface area is 120 Å². The number of benzene rings is 1. The van der Waals surface area contributed by atoms with E-state index in [1.807, 2.05) is 0 Å². The van der Waals surface area contributed by atoms with Gasteiger partial charge in [-0.25, -0.2) is 4.79 Å². The van der Waals surface area contributed by atoms with Gasteiger partial charge in [0.2, 0.25) is 0 Å². The number of carboxylic acids is 1. The van der Waals surface area contributed by atoms with Crippen molar-refractivity contribution in [3.8, 4) is 0 Å². The number of nitrogens with one attached hydrogen (secondary N) is 2. The number of carboxylic acid groups (broad SMARTS) is 1. The zero-order valence-corrected chi connectivity index (χ0v) is 11.8. The van der Waals surface area contributed by atoms with Crippen molar-refractivity contribution in [3.63, 3.8) is 0 Å². The van der Waals surface area contributed by atoms with Crippen LogP contribution in [0.25, 0.3) is 0 Å². The van der Waals surface area contributed by atoms with Gasteiger partial charge in [-0.15, -0.1) is 0 Å². The Kier molecular flexibility index (Phi) is 5.92. The highest BCUT2D eigenvalue weighted by atomic mass is 35.5. The van der Waals surface area contributed by atoms with E-state index in [2.05, 4.69) is 10.6 Å². The van der Waals surface area contributed by atoms with Crippen molar-refractivity contribution in [2.24, 2.45) is 0 Å². The number of carbonyl (C=O) groups excluding carboxylic acids is 1. The lowest BCUT2D eigenvalue weighted by Gasteiger charge is -2.14. The third kappa shape index (κ3) is 5.36. The lowest BCUT2D eigenvalue weighted by Crippen LogP contribution is -2.36. The first kappa shape index (κ1) is 15.6. The van der Waals surface area contributed by atoms with E-state index in [1.54, 1.807) is 25.1 Å². The van der Waals surface area contributed by atoms with E-state index in [9.17, 15) is 9.59 Å². The molecule has 0 saturated heterocycles. The van der Waals surface area contributed by atoms with Crippen molar-refractivity contribution in [1.29, 1.82) is 0 Å². The molecule has 7 heteroatoms. The van der Waals surface area contributed by atoms with Crippen LogP contribution in [0.5, 0.6) is 0 Å². The first-order valence-corrected chi connectivity index (χ1v) is 6.39. The quantitative estimate of drug-likeness (QED) is 0.780. The number of hydrogen-bond donors (Lipinski definition) is 3. The fourth-order valence-corrected chi connectivity index (χ4v) is 1.74. The molecule has 0 aromatic heterocycles. The van der Waals surface area contributed by atoms with Gasteiger partial charge in [-0.3, -0.25) is 4.79 Å². The standard InChI is InChI=1S/C12H14Cl2N2O3/c1-7(5-6-10(17)18)15-12(19)16-9-4-2-3-8(13)11(9)14/h2-4,7H,5-6H2,1H3,(H,17,18)(H2,15,16,19). The zero-order valence-electron chi connectivity index (χ0n) is 10.2. The molecule has 0 aliphatic rings. The maximum absolute atomic E-state index is 11.7. The summed E-state index contributed by atoms with van der Waals surface area (Å²) in [5, 5.41) is 14.3. The molecule has 2 amide bonds. The number of hydrogen-bond acceptors (Lipinski definition) is 2. The van der Waals surface area contributed by atoms with Gasteiger partial charge in [-0.2, -0.15) is 0 Å². The number of urea groups is 1. The largest absolute Gasteiger partial charge is 0.481 e. The SMILES string of the molecule is CC(CCC(=O)O)NC(=O)Nc1cccc(Cl)c1Cl. The summed E-state index contributed by atoms with van der Waals surface area (Å²) in [5.74, 6) is -0.896. The van der Waals surface area contributed by atoms with Crippen LogP contribution in [0.2, 0.25) is 10.0 Å². The van der Waals surface area contributed by atoms with Crippen molar-refractivity contribution in [2.45, 2.75) is 25.8 Å². The van der Waals surface area contributed by atoms with Crippen molar-refractivity contribution in [3.05, 3.63) is 28.2 Å². The summed E-state index contributed by atoms with van der Waals surface area (Å²) >= 11 is 11.7.